The number of fused-ring (bicyclic) bond motifs is 1. The van der Waals surface area contributed by atoms with Gasteiger partial charge in [-0.05, 0) is 36.4 Å². The third-order valence-electron chi connectivity index (χ3n) is 3.54. The molecule has 1 heterocycles. The van der Waals surface area contributed by atoms with E-state index in [0.29, 0.717) is 5.52 Å². The average Bonchev–Trinajstić information content (AvgIpc) is 2.81. The van der Waals surface area contributed by atoms with Gasteiger partial charge in [0.1, 0.15) is 0 Å². The highest BCUT2D eigenvalue weighted by Crippen LogP contribution is 2.30. The van der Waals surface area contributed by atoms with Gasteiger partial charge in [0.15, 0.2) is 5.58 Å². The van der Waals surface area contributed by atoms with Gasteiger partial charge < -0.3 is 4.42 Å². The molecule has 1 N–H and O–H groups in total. The van der Waals surface area contributed by atoms with E-state index in [0.717, 1.165) is 24.3 Å². The highest BCUT2D eigenvalue weighted by molar-refractivity contribution is 7.92. The number of hydrogen-bond donors (Lipinski definition) is 1. The van der Waals surface area contributed by atoms with E-state index >= 15 is 0 Å². The summed E-state index contributed by atoms with van der Waals surface area (Å²) < 4.78 is 70.6. The van der Waals surface area contributed by atoms with E-state index in [-0.39, 0.29) is 16.2 Å². The zero-order chi connectivity index (χ0) is 18.4. The van der Waals surface area contributed by atoms with Gasteiger partial charge in [-0.1, -0.05) is 0 Å². The standard InChI is InChI=1S/C15H11F3N2O4S/c1-20-12-7-6-11(8-13(12)24-14(20)21)25(22,23)19-10-4-2-9(3-5-10)15(16,17)18/h2-8,19H,1H3. The fraction of sp³-hybridized carbons (Fsp3) is 0.133. The molecule has 25 heavy (non-hydrogen) atoms. The van der Waals surface area contributed by atoms with Crippen LogP contribution in [0.15, 0.2) is 56.6 Å². The first-order valence-electron chi connectivity index (χ1n) is 6.87. The van der Waals surface area contributed by atoms with Crippen molar-refractivity contribution in [1.29, 1.82) is 0 Å². The Morgan fingerprint density at radius 1 is 1.08 bits per heavy atom. The lowest BCUT2D eigenvalue weighted by Gasteiger charge is -2.10. The summed E-state index contributed by atoms with van der Waals surface area (Å²) in [6.45, 7) is 0. The van der Waals surface area contributed by atoms with Crippen LogP contribution < -0.4 is 10.5 Å². The molecule has 0 amide bonds. The van der Waals surface area contributed by atoms with Crippen LogP contribution in [0.3, 0.4) is 0 Å². The summed E-state index contributed by atoms with van der Waals surface area (Å²) in [7, 11) is -2.58. The lowest BCUT2D eigenvalue weighted by Crippen LogP contribution is -2.13. The second-order valence-electron chi connectivity index (χ2n) is 5.24. The Balaban J connectivity index is 1.93. The van der Waals surface area contributed by atoms with Crippen LogP contribution >= 0.6 is 0 Å². The Bertz CT molecular complexity index is 1100. The molecule has 0 radical (unpaired) electrons. The molecular weight excluding hydrogens is 361 g/mol. The van der Waals surface area contributed by atoms with Gasteiger partial charge in [0.25, 0.3) is 10.0 Å². The van der Waals surface area contributed by atoms with Crippen LogP contribution in [0.4, 0.5) is 18.9 Å². The molecule has 3 rings (SSSR count). The lowest BCUT2D eigenvalue weighted by atomic mass is 10.2. The Hall–Kier alpha value is -2.75. The van der Waals surface area contributed by atoms with Crippen molar-refractivity contribution in [1.82, 2.24) is 4.57 Å². The number of nitrogens with zero attached hydrogens (tertiary/aromatic N) is 1. The van der Waals surface area contributed by atoms with Crippen molar-refractivity contribution in [3.63, 3.8) is 0 Å². The van der Waals surface area contributed by atoms with Gasteiger partial charge in [0.05, 0.1) is 16.0 Å². The van der Waals surface area contributed by atoms with E-state index in [1.807, 2.05) is 0 Å². The second-order valence-corrected chi connectivity index (χ2v) is 6.92. The van der Waals surface area contributed by atoms with Crippen LogP contribution in [0.1, 0.15) is 5.56 Å². The molecule has 0 saturated heterocycles. The van der Waals surface area contributed by atoms with Crippen LogP contribution in [0.25, 0.3) is 11.1 Å². The first kappa shape index (κ1) is 17.1. The Labute approximate surface area is 139 Å². The van der Waals surface area contributed by atoms with Gasteiger partial charge in [-0.2, -0.15) is 13.2 Å². The van der Waals surface area contributed by atoms with E-state index in [9.17, 15) is 26.4 Å². The SMILES string of the molecule is Cn1c(=O)oc2cc(S(=O)(=O)Nc3ccc(C(F)(F)F)cc3)ccc21. The van der Waals surface area contributed by atoms with Crippen LogP contribution in [0.2, 0.25) is 0 Å². The van der Waals surface area contributed by atoms with Gasteiger partial charge in [-0.15, -0.1) is 0 Å². The average molecular weight is 372 g/mol. The van der Waals surface area contributed by atoms with Gasteiger partial charge in [-0.25, -0.2) is 13.2 Å². The van der Waals surface area contributed by atoms with Gasteiger partial charge in [-0.3, -0.25) is 9.29 Å². The van der Waals surface area contributed by atoms with E-state index < -0.39 is 27.5 Å². The molecular formula is C15H11F3N2O4S. The Kier molecular flexibility index (Phi) is 3.87. The van der Waals surface area contributed by atoms with Crippen LogP contribution in [-0.2, 0) is 23.2 Å². The van der Waals surface area contributed by atoms with Crippen molar-refractivity contribution in [2.75, 3.05) is 4.72 Å². The summed E-state index contributed by atoms with van der Waals surface area (Å²) in [5.41, 5.74) is -0.410. The number of rotatable bonds is 3. The minimum Gasteiger partial charge on any atom is -0.408 e. The maximum Gasteiger partial charge on any atom is 0.419 e. The molecule has 0 aliphatic rings. The van der Waals surface area contributed by atoms with E-state index in [2.05, 4.69) is 4.72 Å². The van der Waals surface area contributed by atoms with Crippen LogP contribution in [0, 0.1) is 0 Å². The van der Waals surface area contributed by atoms with Crippen molar-refractivity contribution < 1.29 is 26.0 Å². The van der Waals surface area contributed by atoms with Crippen molar-refractivity contribution in [3.8, 4) is 0 Å². The Morgan fingerprint density at radius 3 is 2.32 bits per heavy atom. The quantitative estimate of drug-likeness (QED) is 0.766. The molecule has 10 heteroatoms. The Morgan fingerprint density at radius 2 is 1.72 bits per heavy atom. The van der Waals surface area contributed by atoms with E-state index in [4.69, 9.17) is 4.42 Å². The summed E-state index contributed by atoms with van der Waals surface area (Å²) in [6, 6.07) is 7.42. The number of anilines is 1. The van der Waals surface area contributed by atoms with Gasteiger partial charge in [0.2, 0.25) is 0 Å². The summed E-state index contributed by atoms with van der Waals surface area (Å²) in [6.07, 6.45) is -4.51. The number of sulfonamides is 1. The van der Waals surface area contributed by atoms with Gasteiger partial charge >= 0.3 is 11.9 Å². The van der Waals surface area contributed by atoms with Crippen molar-refractivity contribution in [2.24, 2.45) is 7.05 Å². The molecule has 6 nitrogen and oxygen atoms in total. The largest absolute Gasteiger partial charge is 0.419 e. The van der Waals surface area contributed by atoms with E-state index in [1.54, 1.807) is 0 Å². The predicted octanol–water partition coefficient (Wildman–Crippen LogP) is 2.95. The van der Waals surface area contributed by atoms with Crippen LogP contribution in [0.5, 0.6) is 0 Å². The van der Waals surface area contributed by atoms with Crippen molar-refractivity contribution in [3.05, 3.63) is 58.6 Å². The first-order chi connectivity index (χ1) is 11.6. The highest BCUT2D eigenvalue weighted by atomic mass is 32.2. The van der Waals surface area contributed by atoms with E-state index in [1.165, 1.54) is 29.8 Å². The third kappa shape index (κ3) is 3.25. The molecule has 132 valence electrons. The third-order valence-corrected chi connectivity index (χ3v) is 4.92. The molecule has 0 atom stereocenters. The summed E-state index contributed by atoms with van der Waals surface area (Å²) in [5, 5.41) is 0. The number of benzene rings is 2. The maximum atomic E-state index is 12.5. The minimum atomic E-state index is -4.51. The van der Waals surface area contributed by atoms with Gasteiger partial charge in [0, 0.05) is 18.8 Å². The number of aryl methyl sites for hydroxylation is 1. The fourth-order valence-corrected chi connectivity index (χ4v) is 3.30. The first-order valence-corrected chi connectivity index (χ1v) is 8.36. The van der Waals surface area contributed by atoms with Crippen molar-refractivity contribution in [2.45, 2.75) is 11.1 Å². The molecule has 0 unspecified atom stereocenters. The topological polar surface area (TPSA) is 81.3 Å². The smallest absolute Gasteiger partial charge is 0.408 e. The lowest BCUT2D eigenvalue weighted by molar-refractivity contribution is -0.137. The normalized spacial score (nSPS) is 12.5. The fourth-order valence-electron chi connectivity index (χ4n) is 2.22. The van der Waals surface area contributed by atoms with Crippen molar-refractivity contribution >= 4 is 26.8 Å². The minimum absolute atomic E-state index is 0.0254. The summed E-state index contributed by atoms with van der Waals surface area (Å²) >= 11 is 0. The molecule has 0 fully saturated rings. The van der Waals surface area contributed by atoms with Crippen LogP contribution in [-0.4, -0.2) is 13.0 Å². The molecule has 0 saturated carbocycles. The zero-order valence-electron chi connectivity index (χ0n) is 12.7. The summed E-state index contributed by atoms with van der Waals surface area (Å²) in [4.78, 5) is 11.3. The molecule has 1 aromatic heterocycles. The summed E-state index contributed by atoms with van der Waals surface area (Å²) in [5.74, 6) is -0.639. The molecule has 0 bridgehead atoms. The molecule has 3 aromatic rings. The maximum absolute atomic E-state index is 12.5. The number of aromatic nitrogens is 1. The number of nitrogens with one attached hydrogen (secondary N) is 1. The number of oxazole rings is 1. The monoisotopic (exact) mass is 372 g/mol. The number of halogens is 3. The number of hydrogen-bond acceptors (Lipinski definition) is 4. The highest BCUT2D eigenvalue weighted by Gasteiger charge is 2.30. The zero-order valence-corrected chi connectivity index (χ0v) is 13.5. The molecule has 0 aliphatic carbocycles. The second kappa shape index (κ2) is 5.66. The predicted molar refractivity (Wildman–Crippen MR) is 83.7 cm³/mol. The molecule has 2 aromatic carbocycles. The molecule has 0 aliphatic heterocycles. The molecule has 0 spiro atoms. The number of alkyl halides is 3.